The molecule has 1 atom stereocenters. The minimum Gasteiger partial charge on any atom is -0.380 e. The standard InChI is InChI=1S/C8H12O3/c9-7-5-10-3-1-8(7)2-4-11-6-8/h1-6H2. The predicted octanol–water partition coefficient (Wildman–Crippen LogP) is 0.383. The fraction of sp³-hybridized carbons (Fsp3) is 0.875. The molecule has 0 aromatic heterocycles. The molecule has 0 radical (unpaired) electrons. The number of rotatable bonds is 0. The Labute approximate surface area is 65.7 Å². The third-order valence-electron chi connectivity index (χ3n) is 2.65. The topological polar surface area (TPSA) is 35.5 Å². The van der Waals surface area contributed by atoms with Crippen LogP contribution in [0.3, 0.4) is 0 Å². The average molecular weight is 156 g/mol. The second-order valence-electron chi connectivity index (χ2n) is 3.31. The van der Waals surface area contributed by atoms with E-state index in [1.54, 1.807) is 0 Å². The zero-order chi connectivity index (χ0) is 7.73. The van der Waals surface area contributed by atoms with E-state index in [0.29, 0.717) is 13.2 Å². The van der Waals surface area contributed by atoms with Crippen molar-refractivity contribution in [2.45, 2.75) is 12.8 Å². The Morgan fingerprint density at radius 3 is 2.55 bits per heavy atom. The third-order valence-corrected chi connectivity index (χ3v) is 2.65. The molecule has 2 aliphatic rings. The SMILES string of the molecule is O=C1COCCC12CCOC2. The number of carbonyl (C=O) groups is 1. The van der Waals surface area contributed by atoms with E-state index in [9.17, 15) is 4.79 Å². The van der Waals surface area contributed by atoms with Gasteiger partial charge in [-0.2, -0.15) is 0 Å². The maximum atomic E-state index is 11.4. The van der Waals surface area contributed by atoms with Crippen LogP contribution in [0.25, 0.3) is 0 Å². The molecule has 2 aliphatic heterocycles. The second kappa shape index (κ2) is 2.57. The lowest BCUT2D eigenvalue weighted by Gasteiger charge is -2.29. The van der Waals surface area contributed by atoms with Gasteiger partial charge in [0.1, 0.15) is 6.61 Å². The van der Waals surface area contributed by atoms with Crippen LogP contribution in [-0.4, -0.2) is 32.2 Å². The van der Waals surface area contributed by atoms with Gasteiger partial charge in [-0.05, 0) is 12.8 Å². The van der Waals surface area contributed by atoms with E-state index >= 15 is 0 Å². The highest BCUT2D eigenvalue weighted by molar-refractivity contribution is 5.86. The number of ketones is 1. The Hall–Kier alpha value is -0.410. The van der Waals surface area contributed by atoms with Gasteiger partial charge in [0.15, 0.2) is 5.78 Å². The molecule has 0 aromatic rings. The Morgan fingerprint density at radius 2 is 1.91 bits per heavy atom. The molecule has 3 nitrogen and oxygen atoms in total. The van der Waals surface area contributed by atoms with Crippen molar-refractivity contribution in [2.24, 2.45) is 5.41 Å². The van der Waals surface area contributed by atoms with Gasteiger partial charge in [-0.3, -0.25) is 4.79 Å². The minimum atomic E-state index is -0.155. The van der Waals surface area contributed by atoms with E-state index in [0.717, 1.165) is 26.1 Å². The van der Waals surface area contributed by atoms with Crippen molar-refractivity contribution in [3.05, 3.63) is 0 Å². The van der Waals surface area contributed by atoms with Gasteiger partial charge in [0.2, 0.25) is 0 Å². The van der Waals surface area contributed by atoms with Crippen LogP contribution in [0.1, 0.15) is 12.8 Å². The molecule has 2 heterocycles. The zero-order valence-corrected chi connectivity index (χ0v) is 6.47. The second-order valence-corrected chi connectivity index (χ2v) is 3.31. The van der Waals surface area contributed by atoms with E-state index in [1.807, 2.05) is 0 Å². The number of hydrogen-bond donors (Lipinski definition) is 0. The largest absolute Gasteiger partial charge is 0.380 e. The molecule has 2 saturated heterocycles. The van der Waals surface area contributed by atoms with Crippen molar-refractivity contribution in [1.82, 2.24) is 0 Å². The van der Waals surface area contributed by atoms with E-state index < -0.39 is 0 Å². The quantitative estimate of drug-likeness (QED) is 0.508. The fourth-order valence-electron chi connectivity index (χ4n) is 1.75. The molecule has 0 amide bonds. The van der Waals surface area contributed by atoms with Crippen molar-refractivity contribution in [1.29, 1.82) is 0 Å². The van der Waals surface area contributed by atoms with Gasteiger partial charge in [-0.15, -0.1) is 0 Å². The molecule has 0 aliphatic carbocycles. The van der Waals surface area contributed by atoms with Crippen molar-refractivity contribution in [2.75, 3.05) is 26.4 Å². The summed E-state index contributed by atoms with van der Waals surface area (Å²) in [5, 5.41) is 0. The van der Waals surface area contributed by atoms with Crippen molar-refractivity contribution in [3.8, 4) is 0 Å². The fourth-order valence-corrected chi connectivity index (χ4v) is 1.75. The summed E-state index contributed by atoms with van der Waals surface area (Å²) in [7, 11) is 0. The lowest BCUT2D eigenvalue weighted by Crippen LogP contribution is -2.40. The Morgan fingerprint density at radius 1 is 1.18 bits per heavy atom. The van der Waals surface area contributed by atoms with Crippen LogP contribution in [0.15, 0.2) is 0 Å². The van der Waals surface area contributed by atoms with Gasteiger partial charge >= 0.3 is 0 Å². The molecule has 2 fully saturated rings. The van der Waals surface area contributed by atoms with Crippen LogP contribution in [0.2, 0.25) is 0 Å². The first-order chi connectivity index (χ1) is 5.33. The number of Topliss-reactive ketones (excluding diaryl/α,β-unsaturated/α-hetero) is 1. The van der Waals surface area contributed by atoms with Crippen LogP contribution in [0, 0.1) is 5.41 Å². The Bertz CT molecular complexity index is 170. The highest BCUT2D eigenvalue weighted by atomic mass is 16.5. The summed E-state index contributed by atoms with van der Waals surface area (Å²) in [5.41, 5.74) is -0.155. The lowest BCUT2D eigenvalue weighted by atomic mass is 9.79. The van der Waals surface area contributed by atoms with Gasteiger partial charge in [0.25, 0.3) is 0 Å². The van der Waals surface area contributed by atoms with E-state index in [2.05, 4.69) is 0 Å². The predicted molar refractivity (Wildman–Crippen MR) is 38.3 cm³/mol. The van der Waals surface area contributed by atoms with E-state index in [4.69, 9.17) is 9.47 Å². The monoisotopic (exact) mass is 156 g/mol. The summed E-state index contributed by atoms with van der Waals surface area (Å²) < 4.78 is 10.3. The number of hydrogen-bond acceptors (Lipinski definition) is 3. The van der Waals surface area contributed by atoms with Crippen LogP contribution in [0.5, 0.6) is 0 Å². The van der Waals surface area contributed by atoms with Gasteiger partial charge in [-0.1, -0.05) is 0 Å². The molecule has 1 spiro atoms. The normalized spacial score (nSPS) is 38.4. The summed E-state index contributed by atoms with van der Waals surface area (Å²) in [5.74, 6) is 0.237. The molecule has 2 rings (SSSR count). The van der Waals surface area contributed by atoms with Crippen molar-refractivity contribution >= 4 is 5.78 Å². The van der Waals surface area contributed by atoms with Crippen molar-refractivity contribution < 1.29 is 14.3 Å². The molecule has 0 saturated carbocycles. The van der Waals surface area contributed by atoms with Crippen LogP contribution >= 0.6 is 0 Å². The van der Waals surface area contributed by atoms with Gasteiger partial charge in [-0.25, -0.2) is 0 Å². The number of carbonyl (C=O) groups excluding carboxylic acids is 1. The highest BCUT2D eigenvalue weighted by Gasteiger charge is 2.43. The molecular formula is C8H12O3. The minimum absolute atomic E-state index is 0.155. The van der Waals surface area contributed by atoms with E-state index in [1.165, 1.54) is 0 Å². The average Bonchev–Trinajstić information content (AvgIpc) is 2.46. The maximum absolute atomic E-state index is 11.4. The lowest BCUT2D eigenvalue weighted by molar-refractivity contribution is -0.140. The summed E-state index contributed by atoms with van der Waals surface area (Å²) in [6.45, 7) is 2.37. The molecule has 62 valence electrons. The first-order valence-corrected chi connectivity index (χ1v) is 4.02. The zero-order valence-electron chi connectivity index (χ0n) is 6.47. The summed E-state index contributed by atoms with van der Waals surface area (Å²) >= 11 is 0. The van der Waals surface area contributed by atoms with Crippen LogP contribution in [-0.2, 0) is 14.3 Å². The molecule has 1 unspecified atom stereocenters. The Kier molecular flexibility index (Phi) is 1.69. The molecule has 0 bridgehead atoms. The first-order valence-electron chi connectivity index (χ1n) is 4.02. The molecule has 0 N–H and O–H groups in total. The highest BCUT2D eigenvalue weighted by Crippen LogP contribution is 2.35. The molecule has 0 aromatic carbocycles. The van der Waals surface area contributed by atoms with Gasteiger partial charge < -0.3 is 9.47 Å². The van der Waals surface area contributed by atoms with Crippen LogP contribution in [0.4, 0.5) is 0 Å². The summed E-state index contributed by atoms with van der Waals surface area (Å²) in [6.07, 6.45) is 1.75. The van der Waals surface area contributed by atoms with Crippen molar-refractivity contribution in [3.63, 3.8) is 0 Å². The summed E-state index contributed by atoms with van der Waals surface area (Å²) in [4.78, 5) is 11.4. The summed E-state index contributed by atoms with van der Waals surface area (Å²) in [6, 6.07) is 0. The van der Waals surface area contributed by atoms with Crippen LogP contribution < -0.4 is 0 Å². The van der Waals surface area contributed by atoms with E-state index in [-0.39, 0.29) is 11.2 Å². The Balaban J connectivity index is 2.13. The molecular weight excluding hydrogens is 144 g/mol. The molecule has 11 heavy (non-hydrogen) atoms. The van der Waals surface area contributed by atoms with Gasteiger partial charge in [0.05, 0.1) is 12.0 Å². The molecule has 3 heteroatoms. The first kappa shape index (κ1) is 7.25. The van der Waals surface area contributed by atoms with Gasteiger partial charge in [0, 0.05) is 13.2 Å². The smallest absolute Gasteiger partial charge is 0.167 e. The third kappa shape index (κ3) is 1.08. The number of ether oxygens (including phenoxy) is 2. The maximum Gasteiger partial charge on any atom is 0.167 e.